The SMILES string of the molecule is CN(C(=O)O)c1ccc(N)c(F)c1. The molecule has 0 radical (unpaired) electrons. The Morgan fingerprint density at radius 1 is 1.62 bits per heavy atom. The second-order valence-electron chi connectivity index (χ2n) is 2.55. The Morgan fingerprint density at radius 3 is 2.69 bits per heavy atom. The Kier molecular flexibility index (Phi) is 2.36. The Balaban J connectivity index is 3.03. The van der Waals surface area contributed by atoms with Gasteiger partial charge < -0.3 is 10.8 Å². The molecule has 0 aliphatic heterocycles. The number of anilines is 2. The molecular formula is C8H9FN2O2. The maximum atomic E-state index is 12.9. The molecule has 1 rings (SSSR count). The molecule has 0 spiro atoms. The van der Waals surface area contributed by atoms with E-state index in [4.69, 9.17) is 10.8 Å². The number of halogens is 1. The summed E-state index contributed by atoms with van der Waals surface area (Å²) in [6.45, 7) is 0. The van der Waals surface area contributed by atoms with E-state index < -0.39 is 11.9 Å². The van der Waals surface area contributed by atoms with Crippen LogP contribution in [0.2, 0.25) is 0 Å². The van der Waals surface area contributed by atoms with Gasteiger partial charge in [-0.25, -0.2) is 9.18 Å². The fourth-order valence-electron chi connectivity index (χ4n) is 0.835. The van der Waals surface area contributed by atoms with Gasteiger partial charge in [-0.15, -0.1) is 0 Å². The van der Waals surface area contributed by atoms with Gasteiger partial charge in [0.25, 0.3) is 0 Å². The van der Waals surface area contributed by atoms with Gasteiger partial charge >= 0.3 is 6.09 Å². The Labute approximate surface area is 74.4 Å². The monoisotopic (exact) mass is 184 g/mol. The van der Waals surface area contributed by atoms with Gasteiger partial charge in [0.2, 0.25) is 0 Å². The lowest BCUT2D eigenvalue weighted by Gasteiger charge is -2.12. The lowest BCUT2D eigenvalue weighted by molar-refractivity contribution is 0.203. The van der Waals surface area contributed by atoms with Crippen molar-refractivity contribution >= 4 is 17.5 Å². The summed E-state index contributed by atoms with van der Waals surface area (Å²) in [6.07, 6.45) is -1.15. The maximum absolute atomic E-state index is 12.9. The van der Waals surface area contributed by atoms with Gasteiger partial charge in [0.05, 0.1) is 5.69 Å². The fraction of sp³-hybridized carbons (Fsp3) is 0.125. The van der Waals surface area contributed by atoms with Gasteiger partial charge in [-0.05, 0) is 18.2 Å². The first-order valence-electron chi connectivity index (χ1n) is 3.54. The number of nitrogens with two attached hydrogens (primary N) is 1. The third-order valence-electron chi connectivity index (χ3n) is 1.66. The van der Waals surface area contributed by atoms with E-state index >= 15 is 0 Å². The summed E-state index contributed by atoms with van der Waals surface area (Å²) >= 11 is 0. The molecule has 0 saturated heterocycles. The number of benzene rings is 1. The molecule has 1 aromatic rings. The van der Waals surface area contributed by atoms with Crippen molar-refractivity contribution in [2.45, 2.75) is 0 Å². The van der Waals surface area contributed by atoms with E-state index in [1.165, 1.54) is 19.2 Å². The molecule has 0 heterocycles. The minimum atomic E-state index is -1.15. The largest absolute Gasteiger partial charge is 0.465 e. The highest BCUT2D eigenvalue weighted by Gasteiger charge is 2.09. The van der Waals surface area contributed by atoms with Crippen molar-refractivity contribution in [1.29, 1.82) is 0 Å². The van der Waals surface area contributed by atoms with Crippen molar-refractivity contribution in [3.05, 3.63) is 24.0 Å². The molecule has 0 unspecified atom stereocenters. The van der Waals surface area contributed by atoms with Gasteiger partial charge in [0.1, 0.15) is 5.82 Å². The first kappa shape index (κ1) is 9.31. The Hall–Kier alpha value is -1.78. The van der Waals surface area contributed by atoms with Crippen LogP contribution in [0.5, 0.6) is 0 Å². The van der Waals surface area contributed by atoms with Crippen molar-refractivity contribution < 1.29 is 14.3 Å². The molecule has 3 N–H and O–H groups in total. The van der Waals surface area contributed by atoms with Crippen LogP contribution in [0.1, 0.15) is 0 Å². The zero-order chi connectivity index (χ0) is 10.0. The smallest absolute Gasteiger partial charge is 0.411 e. The summed E-state index contributed by atoms with van der Waals surface area (Å²) in [5, 5.41) is 8.57. The first-order chi connectivity index (χ1) is 6.02. The number of rotatable bonds is 1. The Morgan fingerprint density at radius 2 is 2.23 bits per heavy atom. The third kappa shape index (κ3) is 1.87. The molecule has 0 atom stereocenters. The van der Waals surface area contributed by atoms with Crippen molar-refractivity contribution in [2.24, 2.45) is 0 Å². The van der Waals surface area contributed by atoms with E-state index in [0.29, 0.717) is 0 Å². The van der Waals surface area contributed by atoms with Crippen LogP contribution in [0.15, 0.2) is 18.2 Å². The normalized spacial score (nSPS) is 9.69. The number of hydrogen-bond donors (Lipinski definition) is 2. The van der Waals surface area contributed by atoms with Crippen LogP contribution in [-0.4, -0.2) is 18.2 Å². The average molecular weight is 184 g/mol. The minimum Gasteiger partial charge on any atom is -0.465 e. The van der Waals surface area contributed by atoms with Gasteiger partial charge in [0.15, 0.2) is 0 Å². The van der Waals surface area contributed by atoms with E-state index in [9.17, 15) is 9.18 Å². The summed E-state index contributed by atoms with van der Waals surface area (Å²) in [5.41, 5.74) is 5.48. The van der Waals surface area contributed by atoms with Gasteiger partial charge in [-0.1, -0.05) is 0 Å². The zero-order valence-electron chi connectivity index (χ0n) is 6.99. The summed E-state index contributed by atoms with van der Waals surface area (Å²) in [6, 6.07) is 3.83. The van der Waals surface area contributed by atoms with E-state index in [1.807, 2.05) is 0 Å². The maximum Gasteiger partial charge on any atom is 0.411 e. The third-order valence-corrected chi connectivity index (χ3v) is 1.66. The highest BCUT2D eigenvalue weighted by Crippen LogP contribution is 2.18. The van der Waals surface area contributed by atoms with E-state index in [-0.39, 0.29) is 11.4 Å². The lowest BCUT2D eigenvalue weighted by Crippen LogP contribution is -2.23. The number of nitrogen functional groups attached to an aromatic ring is 1. The molecule has 0 fully saturated rings. The Bertz CT molecular complexity index is 341. The van der Waals surface area contributed by atoms with Crippen molar-refractivity contribution in [1.82, 2.24) is 0 Å². The number of amides is 1. The molecule has 4 nitrogen and oxygen atoms in total. The molecule has 70 valence electrons. The first-order valence-corrected chi connectivity index (χ1v) is 3.54. The van der Waals surface area contributed by atoms with Crippen molar-refractivity contribution in [2.75, 3.05) is 17.7 Å². The summed E-state index contributed by atoms with van der Waals surface area (Å²) < 4.78 is 12.9. The summed E-state index contributed by atoms with van der Waals surface area (Å²) in [7, 11) is 1.33. The second-order valence-corrected chi connectivity index (χ2v) is 2.55. The molecule has 0 saturated carbocycles. The summed E-state index contributed by atoms with van der Waals surface area (Å²) in [4.78, 5) is 11.4. The standard InChI is InChI=1S/C8H9FN2O2/c1-11(8(12)13)5-2-3-7(10)6(9)4-5/h2-4H,10H2,1H3,(H,12,13). The van der Waals surface area contributed by atoms with E-state index in [1.54, 1.807) is 0 Å². The molecule has 0 aliphatic rings. The molecule has 13 heavy (non-hydrogen) atoms. The summed E-state index contributed by atoms with van der Waals surface area (Å²) in [5.74, 6) is -0.620. The van der Waals surface area contributed by atoms with Gasteiger partial charge in [0, 0.05) is 12.7 Å². The fourth-order valence-corrected chi connectivity index (χ4v) is 0.835. The highest BCUT2D eigenvalue weighted by atomic mass is 19.1. The number of hydrogen-bond acceptors (Lipinski definition) is 2. The quantitative estimate of drug-likeness (QED) is 0.650. The van der Waals surface area contributed by atoms with Crippen molar-refractivity contribution in [3.8, 4) is 0 Å². The molecule has 0 aliphatic carbocycles. The predicted molar refractivity (Wildman–Crippen MR) is 47.2 cm³/mol. The predicted octanol–water partition coefficient (Wildman–Crippen LogP) is 1.52. The molecule has 5 heteroatoms. The molecule has 0 bridgehead atoms. The number of carbonyl (C=O) groups is 1. The van der Waals surface area contributed by atoms with Crippen LogP contribution in [0, 0.1) is 5.82 Å². The topological polar surface area (TPSA) is 66.6 Å². The lowest BCUT2D eigenvalue weighted by atomic mass is 10.2. The molecule has 1 amide bonds. The average Bonchev–Trinajstić information content (AvgIpc) is 2.08. The van der Waals surface area contributed by atoms with E-state index in [0.717, 1.165) is 11.0 Å². The molecule has 0 aromatic heterocycles. The van der Waals surface area contributed by atoms with Gasteiger partial charge in [-0.3, -0.25) is 4.90 Å². The molecular weight excluding hydrogens is 175 g/mol. The van der Waals surface area contributed by atoms with Crippen molar-refractivity contribution in [3.63, 3.8) is 0 Å². The number of nitrogens with zero attached hydrogens (tertiary/aromatic N) is 1. The van der Waals surface area contributed by atoms with Crippen LogP contribution >= 0.6 is 0 Å². The zero-order valence-corrected chi connectivity index (χ0v) is 6.99. The van der Waals surface area contributed by atoms with Crippen LogP contribution in [-0.2, 0) is 0 Å². The molecule has 1 aromatic carbocycles. The van der Waals surface area contributed by atoms with Gasteiger partial charge in [-0.2, -0.15) is 0 Å². The minimum absolute atomic E-state index is 0.00235. The van der Waals surface area contributed by atoms with Crippen LogP contribution in [0.25, 0.3) is 0 Å². The van der Waals surface area contributed by atoms with Crippen LogP contribution in [0.3, 0.4) is 0 Å². The van der Waals surface area contributed by atoms with E-state index in [2.05, 4.69) is 0 Å². The van der Waals surface area contributed by atoms with Crippen LogP contribution < -0.4 is 10.6 Å². The number of carboxylic acid groups (broad SMARTS) is 1. The van der Waals surface area contributed by atoms with Crippen LogP contribution in [0.4, 0.5) is 20.6 Å². The second kappa shape index (κ2) is 3.30. The highest BCUT2D eigenvalue weighted by molar-refractivity contribution is 5.85.